The molecule has 1 aliphatic carbocycles. The predicted octanol–water partition coefficient (Wildman–Crippen LogP) is 3.35. The van der Waals surface area contributed by atoms with Crippen molar-refractivity contribution >= 4 is 0 Å². The molecule has 0 bridgehead atoms. The quantitative estimate of drug-likeness (QED) is 0.539. The molecule has 0 unspecified atom stereocenters. The Balaban J connectivity index is 2.62. The third-order valence-electron chi connectivity index (χ3n) is 1.53. The van der Waals surface area contributed by atoms with Gasteiger partial charge in [0.25, 0.3) is 0 Å². The lowest BCUT2D eigenvalue weighted by Gasteiger charge is -1.93. The van der Waals surface area contributed by atoms with Gasteiger partial charge < -0.3 is 0 Å². The molecule has 1 rings (SSSR count). The standard InChI is InChI=1S/C12H13/c1-2-3-4-6-9-12-10-7-5-8-11-12/h4-5,7-8,10-11H,2-3H2,1H3. The maximum absolute atomic E-state index is 3.07. The van der Waals surface area contributed by atoms with E-state index in [0.29, 0.717) is 0 Å². The Hall–Kier alpha value is -1.22. The Morgan fingerprint density at radius 2 is 2.25 bits per heavy atom. The first-order valence-electron chi connectivity index (χ1n) is 4.31. The van der Waals surface area contributed by atoms with E-state index in [2.05, 4.69) is 18.4 Å². The van der Waals surface area contributed by atoms with E-state index in [4.69, 9.17) is 0 Å². The van der Waals surface area contributed by atoms with E-state index in [0.717, 1.165) is 12.0 Å². The second-order valence-electron chi connectivity index (χ2n) is 2.63. The van der Waals surface area contributed by atoms with Crippen molar-refractivity contribution in [1.82, 2.24) is 0 Å². The summed E-state index contributed by atoms with van der Waals surface area (Å²) in [5, 5.41) is 0. The molecule has 0 aromatic rings. The highest BCUT2D eigenvalue weighted by Gasteiger charge is 1.89. The van der Waals surface area contributed by atoms with Gasteiger partial charge >= 0.3 is 0 Å². The van der Waals surface area contributed by atoms with Gasteiger partial charge in [0.1, 0.15) is 0 Å². The first kappa shape index (κ1) is 8.87. The fourth-order valence-corrected chi connectivity index (χ4v) is 0.872. The monoisotopic (exact) mass is 157 g/mol. The summed E-state index contributed by atoms with van der Waals surface area (Å²) >= 11 is 0. The Labute approximate surface area is 74.3 Å². The van der Waals surface area contributed by atoms with Crippen molar-refractivity contribution in [3.05, 3.63) is 53.8 Å². The zero-order chi connectivity index (χ0) is 8.65. The fourth-order valence-electron chi connectivity index (χ4n) is 0.872. The molecule has 61 valence electrons. The average Bonchev–Trinajstić information content (AvgIpc) is 2.14. The van der Waals surface area contributed by atoms with Crippen LogP contribution in [-0.2, 0) is 0 Å². The van der Waals surface area contributed by atoms with Crippen LogP contribution in [0.25, 0.3) is 0 Å². The first-order chi connectivity index (χ1) is 5.93. The van der Waals surface area contributed by atoms with Crippen LogP contribution in [0.15, 0.2) is 47.4 Å². The zero-order valence-electron chi connectivity index (χ0n) is 7.38. The second kappa shape index (κ2) is 5.43. The van der Waals surface area contributed by atoms with Crippen molar-refractivity contribution in [2.75, 3.05) is 0 Å². The van der Waals surface area contributed by atoms with E-state index >= 15 is 0 Å². The Morgan fingerprint density at radius 1 is 1.33 bits per heavy atom. The van der Waals surface area contributed by atoms with Crippen LogP contribution in [0.5, 0.6) is 0 Å². The van der Waals surface area contributed by atoms with Crippen LogP contribution < -0.4 is 0 Å². The van der Waals surface area contributed by atoms with Crippen LogP contribution >= 0.6 is 0 Å². The number of rotatable bonds is 2. The molecule has 1 radical (unpaired) electrons. The van der Waals surface area contributed by atoms with E-state index < -0.39 is 0 Å². The van der Waals surface area contributed by atoms with Crippen LogP contribution in [0.3, 0.4) is 0 Å². The van der Waals surface area contributed by atoms with Crippen LogP contribution in [-0.4, -0.2) is 0 Å². The minimum absolute atomic E-state index is 1.08. The minimum Gasteiger partial charge on any atom is -0.0754 e. The van der Waals surface area contributed by atoms with Gasteiger partial charge in [-0.1, -0.05) is 49.1 Å². The summed E-state index contributed by atoms with van der Waals surface area (Å²) in [6.45, 7) is 2.15. The van der Waals surface area contributed by atoms with Crippen molar-refractivity contribution in [3.8, 4) is 0 Å². The molecule has 0 aromatic heterocycles. The molecule has 0 spiro atoms. The highest BCUT2D eigenvalue weighted by atomic mass is 13.9. The maximum Gasteiger partial charge on any atom is 0.0211 e. The summed E-state index contributed by atoms with van der Waals surface area (Å²) in [6.07, 6.45) is 14.3. The topological polar surface area (TPSA) is 0 Å². The lowest BCUT2D eigenvalue weighted by Crippen LogP contribution is -1.77. The SMILES string of the molecule is CCCC=C=C=C1[CH]C=CC=C1. The lowest BCUT2D eigenvalue weighted by molar-refractivity contribution is 0.960. The molecule has 0 nitrogen and oxygen atoms in total. The lowest BCUT2D eigenvalue weighted by atomic mass is 10.1. The van der Waals surface area contributed by atoms with Gasteiger partial charge in [0.15, 0.2) is 0 Å². The molecule has 0 fully saturated rings. The molecular weight excluding hydrogens is 144 g/mol. The molecule has 0 atom stereocenters. The molecular formula is C12H13. The summed E-state index contributed by atoms with van der Waals surface area (Å²) in [7, 11) is 0. The zero-order valence-corrected chi connectivity index (χ0v) is 7.38. The number of unbranched alkanes of at least 4 members (excludes halogenated alkanes) is 1. The molecule has 0 N–H and O–H groups in total. The van der Waals surface area contributed by atoms with Gasteiger partial charge in [-0.3, -0.25) is 0 Å². The Morgan fingerprint density at radius 3 is 2.92 bits per heavy atom. The summed E-state index contributed by atoms with van der Waals surface area (Å²) in [5.74, 6) is 0. The highest BCUT2D eigenvalue weighted by Crippen LogP contribution is 2.05. The summed E-state index contributed by atoms with van der Waals surface area (Å²) in [6, 6.07) is 0. The first-order valence-corrected chi connectivity index (χ1v) is 4.31. The van der Waals surface area contributed by atoms with Gasteiger partial charge in [0.2, 0.25) is 0 Å². The molecule has 0 saturated heterocycles. The molecule has 0 aromatic carbocycles. The predicted molar refractivity (Wildman–Crippen MR) is 52.6 cm³/mol. The van der Waals surface area contributed by atoms with E-state index in [1.807, 2.05) is 36.8 Å². The van der Waals surface area contributed by atoms with Gasteiger partial charge in [-0.25, -0.2) is 0 Å². The summed E-state index contributed by atoms with van der Waals surface area (Å²) in [4.78, 5) is 0. The highest BCUT2D eigenvalue weighted by molar-refractivity contribution is 5.37. The van der Waals surface area contributed by atoms with Crippen molar-refractivity contribution in [3.63, 3.8) is 0 Å². The number of hydrogen-bond donors (Lipinski definition) is 0. The molecule has 0 aliphatic heterocycles. The third-order valence-corrected chi connectivity index (χ3v) is 1.53. The van der Waals surface area contributed by atoms with Gasteiger partial charge in [0.05, 0.1) is 0 Å². The summed E-state index contributed by atoms with van der Waals surface area (Å²) in [5.41, 5.74) is 7.19. The van der Waals surface area contributed by atoms with Crippen LogP contribution in [0.2, 0.25) is 0 Å². The number of hydrogen-bond acceptors (Lipinski definition) is 0. The van der Waals surface area contributed by atoms with E-state index in [1.54, 1.807) is 0 Å². The molecule has 1 aliphatic rings. The Kier molecular flexibility index (Phi) is 4.02. The molecule has 0 amide bonds. The second-order valence-corrected chi connectivity index (χ2v) is 2.63. The smallest absolute Gasteiger partial charge is 0.0211 e. The van der Waals surface area contributed by atoms with Crippen LogP contribution in [0.4, 0.5) is 0 Å². The van der Waals surface area contributed by atoms with E-state index in [-0.39, 0.29) is 0 Å². The van der Waals surface area contributed by atoms with E-state index in [1.165, 1.54) is 6.42 Å². The van der Waals surface area contributed by atoms with Gasteiger partial charge in [-0.2, -0.15) is 0 Å². The molecule has 0 saturated carbocycles. The van der Waals surface area contributed by atoms with Crippen molar-refractivity contribution in [2.45, 2.75) is 19.8 Å². The molecule has 12 heavy (non-hydrogen) atoms. The molecule has 0 heterocycles. The minimum atomic E-state index is 1.08. The van der Waals surface area contributed by atoms with Gasteiger partial charge in [-0.15, -0.1) is 0 Å². The third kappa shape index (κ3) is 3.25. The fraction of sp³-hybridized carbons (Fsp3) is 0.250. The maximum atomic E-state index is 3.07. The van der Waals surface area contributed by atoms with Gasteiger partial charge in [-0.05, 0) is 12.5 Å². The molecule has 0 heteroatoms. The van der Waals surface area contributed by atoms with E-state index in [9.17, 15) is 0 Å². The van der Waals surface area contributed by atoms with Crippen LogP contribution in [0, 0.1) is 6.42 Å². The summed E-state index contributed by atoms with van der Waals surface area (Å²) < 4.78 is 0. The largest absolute Gasteiger partial charge is 0.0754 e. The van der Waals surface area contributed by atoms with Crippen molar-refractivity contribution < 1.29 is 0 Å². The van der Waals surface area contributed by atoms with Gasteiger partial charge in [0, 0.05) is 12.0 Å². The Bertz CT molecular complexity index is 277. The van der Waals surface area contributed by atoms with Crippen LogP contribution in [0.1, 0.15) is 19.8 Å². The normalized spacial score (nSPS) is 13.9. The van der Waals surface area contributed by atoms with Crippen molar-refractivity contribution in [1.29, 1.82) is 0 Å². The average molecular weight is 157 g/mol. The van der Waals surface area contributed by atoms with Crippen molar-refractivity contribution in [2.24, 2.45) is 0 Å². The number of allylic oxidation sites excluding steroid dienone is 6.